The van der Waals surface area contributed by atoms with Crippen LogP contribution < -0.4 is 0 Å². The lowest BCUT2D eigenvalue weighted by Gasteiger charge is -2.39. The van der Waals surface area contributed by atoms with Crippen LogP contribution in [0.5, 0.6) is 0 Å². The van der Waals surface area contributed by atoms with Gasteiger partial charge in [0.25, 0.3) is 0 Å². The lowest BCUT2D eigenvalue weighted by molar-refractivity contribution is -0.0402. The van der Waals surface area contributed by atoms with E-state index in [4.69, 9.17) is 0 Å². The van der Waals surface area contributed by atoms with Gasteiger partial charge in [-0.25, -0.2) is 0 Å². The van der Waals surface area contributed by atoms with E-state index in [0.717, 1.165) is 18.8 Å². The van der Waals surface area contributed by atoms with Crippen LogP contribution >= 0.6 is 0 Å². The molecule has 1 aromatic rings. The Balaban J connectivity index is 2.05. The molecule has 1 unspecified atom stereocenters. The summed E-state index contributed by atoms with van der Waals surface area (Å²) < 4.78 is 0. The average Bonchev–Trinajstić information content (AvgIpc) is 2.40. The minimum absolute atomic E-state index is 0.485. The van der Waals surface area contributed by atoms with Gasteiger partial charge in [-0.1, -0.05) is 57.0 Å². The van der Waals surface area contributed by atoms with Crippen molar-refractivity contribution in [2.75, 3.05) is 0 Å². The maximum Gasteiger partial charge on any atom is 0.0713 e. The van der Waals surface area contributed by atoms with Crippen LogP contribution in [0, 0.1) is 11.8 Å². The van der Waals surface area contributed by atoms with Crippen LogP contribution in [0.1, 0.15) is 51.5 Å². The number of rotatable bonds is 4. The molecule has 1 N–H and O–H groups in total. The van der Waals surface area contributed by atoms with Gasteiger partial charge in [0.15, 0.2) is 0 Å². The van der Waals surface area contributed by atoms with Crippen molar-refractivity contribution in [2.45, 2.75) is 58.0 Å². The molecule has 18 heavy (non-hydrogen) atoms. The average molecular weight is 246 g/mol. The van der Waals surface area contributed by atoms with E-state index in [1.165, 1.54) is 31.2 Å². The van der Waals surface area contributed by atoms with Gasteiger partial charge >= 0.3 is 0 Å². The maximum absolute atomic E-state index is 11.0. The van der Waals surface area contributed by atoms with Gasteiger partial charge in [-0.2, -0.15) is 0 Å². The Labute approximate surface area is 111 Å². The molecular formula is C17H26O. The summed E-state index contributed by atoms with van der Waals surface area (Å²) in [5.41, 5.74) is 0.766. The van der Waals surface area contributed by atoms with Gasteiger partial charge < -0.3 is 5.11 Å². The van der Waals surface area contributed by atoms with Gasteiger partial charge in [0.2, 0.25) is 0 Å². The fraction of sp³-hybridized carbons (Fsp3) is 0.647. The van der Waals surface area contributed by atoms with Crippen molar-refractivity contribution in [1.82, 2.24) is 0 Å². The molecule has 1 heteroatoms. The molecule has 1 aromatic carbocycles. The van der Waals surface area contributed by atoms with E-state index in [9.17, 15) is 5.11 Å². The third-order valence-corrected chi connectivity index (χ3v) is 4.74. The minimum atomic E-state index is -0.499. The number of aliphatic hydroxyl groups is 1. The first-order chi connectivity index (χ1) is 8.64. The van der Waals surface area contributed by atoms with Gasteiger partial charge in [0.1, 0.15) is 0 Å². The molecule has 1 saturated carbocycles. The Bertz CT molecular complexity index is 351. The largest absolute Gasteiger partial charge is 0.389 e. The zero-order chi connectivity index (χ0) is 13.0. The highest BCUT2D eigenvalue weighted by molar-refractivity contribution is 5.17. The number of benzene rings is 1. The van der Waals surface area contributed by atoms with Gasteiger partial charge in [-0.05, 0) is 36.7 Å². The molecule has 0 bridgehead atoms. The van der Waals surface area contributed by atoms with Crippen LogP contribution in [0.2, 0.25) is 0 Å². The molecule has 0 aliphatic heterocycles. The maximum atomic E-state index is 11.0. The molecule has 100 valence electrons. The summed E-state index contributed by atoms with van der Waals surface area (Å²) in [7, 11) is 0. The van der Waals surface area contributed by atoms with E-state index in [2.05, 4.69) is 38.1 Å². The third-order valence-electron chi connectivity index (χ3n) is 4.74. The fourth-order valence-electron chi connectivity index (χ4n) is 3.30. The highest BCUT2D eigenvalue weighted by Gasteiger charge is 2.36. The molecule has 1 fully saturated rings. The topological polar surface area (TPSA) is 20.2 Å². The normalized spacial score (nSPS) is 27.7. The standard InChI is InChI=1S/C17H26O/c1-3-17(18,13-15-7-5-4-6-8-15)16-11-9-14(2)10-12-16/h4-8,14,16,18H,3,9-13H2,1-2H3. The Kier molecular flexibility index (Phi) is 4.45. The van der Waals surface area contributed by atoms with Crippen LogP contribution in [0.25, 0.3) is 0 Å². The summed E-state index contributed by atoms with van der Waals surface area (Å²) >= 11 is 0. The van der Waals surface area contributed by atoms with Crippen LogP contribution in [0.4, 0.5) is 0 Å². The van der Waals surface area contributed by atoms with Crippen LogP contribution in [0.3, 0.4) is 0 Å². The molecule has 0 saturated heterocycles. The fourth-order valence-corrected chi connectivity index (χ4v) is 3.30. The first-order valence-electron chi connectivity index (χ1n) is 7.40. The van der Waals surface area contributed by atoms with Crippen molar-refractivity contribution in [3.05, 3.63) is 35.9 Å². The van der Waals surface area contributed by atoms with E-state index in [1.54, 1.807) is 0 Å². The van der Waals surface area contributed by atoms with Crippen molar-refractivity contribution in [1.29, 1.82) is 0 Å². The number of hydrogen-bond acceptors (Lipinski definition) is 1. The Morgan fingerprint density at radius 2 is 1.72 bits per heavy atom. The molecule has 1 nitrogen and oxygen atoms in total. The van der Waals surface area contributed by atoms with Gasteiger partial charge in [-0.3, -0.25) is 0 Å². The van der Waals surface area contributed by atoms with Crippen LogP contribution in [-0.4, -0.2) is 10.7 Å². The molecule has 2 rings (SSSR count). The molecule has 1 atom stereocenters. The summed E-state index contributed by atoms with van der Waals surface area (Å²) in [4.78, 5) is 0. The van der Waals surface area contributed by atoms with Crippen molar-refractivity contribution in [2.24, 2.45) is 11.8 Å². The van der Waals surface area contributed by atoms with Gasteiger partial charge in [0, 0.05) is 6.42 Å². The second-order valence-electron chi connectivity index (χ2n) is 6.08. The summed E-state index contributed by atoms with van der Waals surface area (Å²) in [6, 6.07) is 10.4. The summed E-state index contributed by atoms with van der Waals surface area (Å²) in [5, 5.41) is 11.0. The zero-order valence-corrected chi connectivity index (χ0v) is 11.7. The summed E-state index contributed by atoms with van der Waals surface area (Å²) in [6.07, 6.45) is 6.62. The van der Waals surface area contributed by atoms with Gasteiger partial charge in [-0.15, -0.1) is 0 Å². The lowest BCUT2D eigenvalue weighted by Crippen LogP contribution is -2.41. The number of hydrogen-bond donors (Lipinski definition) is 1. The zero-order valence-electron chi connectivity index (χ0n) is 11.7. The monoisotopic (exact) mass is 246 g/mol. The molecule has 0 aromatic heterocycles. The van der Waals surface area contributed by atoms with Crippen LogP contribution in [0.15, 0.2) is 30.3 Å². The minimum Gasteiger partial charge on any atom is -0.389 e. The Hall–Kier alpha value is -0.820. The molecule has 0 spiro atoms. The van der Waals surface area contributed by atoms with E-state index >= 15 is 0 Å². The van der Waals surface area contributed by atoms with Crippen molar-refractivity contribution in [3.8, 4) is 0 Å². The molecule has 0 heterocycles. The predicted molar refractivity (Wildman–Crippen MR) is 76.5 cm³/mol. The Morgan fingerprint density at radius 1 is 1.11 bits per heavy atom. The third kappa shape index (κ3) is 3.14. The second kappa shape index (κ2) is 5.88. The second-order valence-corrected chi connectivity index (χ2v) is 6.08. The molecule has 1 aliphatic carbocycles. The molecule has 0 radical (unpaired) electrons. The highest BCUT2D eigenvalue weighted by Crippen LogP contribution is 2.38. The van der Waals surface area contributed by atoms with Gasteiger partial charge in [0.05, 0.1) is 5.60 Å². The molecule has 1 aliphatic rings. The van der Waals surface area contributed by atoms with E-state index in [-0.39, 0.29) is 0 Å². The van der Waals surface area contributed by atoms with Crippen LogP contribution in [-0.2, 0) is 6.42 Å². The van der Waals surface area contributed by atoms with E-state index < -0.39 is 5.60 Å². The van der Waals surface area contributed by atoms with Crippen molar-refractivity contribution in [3.63, 3.8) is 0 Å². The van der Waals surface area contributed by atoms with E-state index in [0.29, 0.717) is 5.92 Å². The lowest BCUT2D eigenvalue weighted by atomic mass is 9.70. The summed E-state index contributed by atoms with van der Waals surface area (Å²) in [6.45, 7) is 4.46. The predicted octanol–water partition coefficient (Wildman–Crippen LogP) is 4.20. The summed E-state index contributed by atoms with van der Waals surface area (Å²) in [5.74, 6) is 1.33. The Morgan fingerprint density at radius 3 is 2.28 bits per heavy atom. The quantitative estimate of drug-likeness (QED) is 0.844. The first-order valence-corrected chi connectivity index (χ1v) is 7.40. The molecular weight excluding hydrogens is 220 g/mol. The smallest absolute Gasteiger partial charge is 0.0713 e. The SMILES string of the molecule is CCC(O)(Cc1ccccc1)C1CCC(C)CC1. The first kappa shape index (κ1) is 13.6. The van der Waals surface area contributed by atoms with Crippen molar-refractivity contribution >= 4 is 0 Å². The highest BCUT2D eigenvalue weighted by atomic mass is 16.3. The van der Waals surface area contributed by atoms with Crippen molar-refractivity contribution < 1.29 is 5.11 Å². The molecule has 0 amide bonds. The van der Waals surface area contributed by atoms with E-state index in [1.807, 2.05) is 6.07 Å².